The summed E-state index contributed by atoms with van der Waals surface area (Å²) in [5, 5.41) is 3.14. The summed E-state index contributed by atoms with van der Waals surface area (Å²) in [5.41, 5.74) is 0.945. The number of amides is 2. The third kappa shape index (κ3) is 8.16. The van der Waals surface area contributed by atoms with E-state index in [-0.39, 0.29) is 45.2 Å². The van der Waals surface area contributed by atoms with E-state index in [2.05, 4.69) is 5.32 Å². The van der Waals surface area contributed by atoms with Crippen molar-refractivity contribution in [1.29, 1.82) is 0 Å². The molecule has 7 nitrogen and oxygen atoms in total. The molecular weight excluding hydrogens is 624 g/mol. The van der Waals surface area contributed by atoms with Crippen molar-refractivity contribution in [1.82, 2.24) is 10.2 Å². The lowest BCUT2D eigenvalue weighted by atomic mass is 10.0. The van der Waals surface area contributed by atoms with Gasteiger partial charge in [0.1, 0.15) is 18.4 Å². The fourth-order valence-electron chi connectivity index (χ4n) is 4.66. The second kappa shape index (κ2) is 14.7. The molecule has 4 aromatic carbocycles. The third-order valence-corrected chi connectivity index (χ3v) is 9.10. The Hall–Kier alpha value is -3.92. The summed E-state index contributed by atoms with van der Waals surface area (Å²) in [6.45, 7) is 2.56. The largest absolute Gasteiger partial charge is 0.352 e. The summed E-state index contributed by atoms with van der Waals surface area (Å²) in [5.74, 6) is -1.77. The summed E-state index contributed by atoms with van der Waals surface area (Å²) in [4.78, 5) is 29.2. The average molecular weight is 657 g/mol. The first-order chi connectivity index (χ1) is 21.0. The van der Waals surface area contributed by atoms with Crippen LogP contribution >= 0.6 is 23.2 Å². The van der Waals surface area contributed by atoms with E-state index in [4.69, 9.17) is 23.2 Å². The minimum Gasteiger partial charge on any atom is -0.352 e. The minimum atomic E-state index is -4.34. The van der Waals surface area contributed by atoms with Crippen molar-refractivity contribution in [2.75, 3.05) is 10.8 Å². The molecule has 0 spiro atoms. The van der Waals surface area contributed by atoms with Crippen LogP contribution in [-0.4, -0.2) is 43.8 Å². The molecule has 0 bridgehead atoms. The van der Waals surface area contributed by atoms with Crippen LogP contribution in [0.1, 0.15) is 25.0 Å². The molecule has 0 saturated carbocycles. The van der Waals surface area contributed by atoms with Crippen LogP contribution in [0.3, 0.4) is 0 Å². The zero-order valence-electron chi connectivity index (χ0n) is 24.2. The number of rotatable bonds is 12. The van der Waals surface area contributed by atoms with Gasteiger partial charge in [-0.25, -0.2) is 12.8 Å². The monoisotopic (exact) mass is 655 g/mol. The van der Waals surface area contributed by atoms with Crippen molar-refractivity contribution in [2.24, 2.45) is 0 Å². The molecule has 0 saturated heterocycles. The molecule has 2 amide bonds. The first-order valence-corrected chi connectivity index (χ1v) is 16.1. The predicted octanol–water partition coefficient (Wildman–Crippen LogP) is 6.49. The Bertz CT molecular complexity index is 1710. The van der Waals surface area contributed by atoms with E-state index < -0.39 is 40.2 Å². The maximum absolute atomic E-state index is 15.0. The van der Waals surface area contributed by atoms with Crippen molar-refractivity contribution in [3.8, 4) is 0 Å². The number of halogens is 3. The molecule has 0 aromatic heterocycles. The van der Waals surface area contributed by atoms with Crippen LogP contribution in [0.2, 0.25) is 10.0 Å². The SMILES string of the molecule is CC(C)NC(=O)[C@@H](Cc1ccccc1)N(Cc1ccccc1F)C(=O)CN(c1ccc(Cl)cc1Cl)S(=O)(=O)c1ccccc1. The Morgan fingerprint density at radius 3 is 2.09 bits per heavy atom. The van der Waals surface area contributed by atoms with E-state index >= 15 is 0 Å². The Kier molecular flexibility index (Phi) is 11.0. The standard InChI is InChI=1S/C33H32Cl2FN3O4S/c1-23(2)37-33(41)31(19-24-11-5-3-6-12-24)38(21-25-13-9-10-16-29(25)36)32(40)22-39(30-18-17-26(34)20-28(30)35)44(42,43)27-14-7-4-8-15-27/h3-18,20,23,31H,19,21-22H2,1-2H3,(H,37,41)/t31-/m1/s1. The summed E-state index contributed by atoms with van der Waals surface area (Å²) >= 11 is 12.6. The Morgan fingerprint density at radius 1 is 0.864 bits per heavy atom. The van der Waals surface area contributed by atoms with Crippen molar-refractivity contribution in [2.45, 2.75) is 43.8 Å². The fraction of sp³-hybridized carbons (Fsp3) is 0.212. The normalized spacial score (nSPS) is 12.0. The highest BCUT2D eigenvalue weighted by Gasteiger charge is 2.35. The van der Waals surface area contributed by atoms with E-state index in [1.54, 1.807) is 38.1 Å². The Balaban J connectivity index is 1.83. The smallest absolute Gasteiger partial charge is 0.264 e. The highest BCUT2D eigenvalue weighted by molar-refractivity contribution is 7.92. The van der Waals surface area contributed by atoms with Crippen LogP contribution in [0.25, 0.3) is 0 Å². The second-order valence-electron chi connectivity index (χ2n) is 10.4. The van der Waals surface area contributed by atoms with Gasteiger partial charge in [-0.2, -0.15) is 0 Å². The Morgan fingerprint density at radius 2 is 1.48 bits per heavy atom. The van der Waals surface area contributed by atoms with Crippen LogP contribution in [0, 0.1) is 5.82 Å². The predicted molar refractivity (Wildman–Crippen MR) is 172 cm³/mol. The highest BCUT2D eigenvalue weighted by Crippen LogP contribution is 2.33. The maximum atomic E-state index is 15.0. The van der Waals surface area contributed by atoms with Crippen LogP contribution in [0.15, 0.2) is 108 Å². The molecule has 44 heavy (non-hydrogen) atoms. The summed E-state index contributed by atoms with van der Waals surface area (Å²) in [6.07, 6.45) is 0.104. The van der Waals surface area contributed by atoms with Gasteiger partial charge in [0.15, 0.2) is 0 Å². The van der Waals surface area contributed by atoms with Crippen LogP contribution in [0.4, 0.5) is 10.1 Å². The van der Waals surface area contributed by atoms with Gasteiger partial charge < -0.3 is 10.2 Å². The van der Waals surface area contributed by atoms with Gasteiger partial charge in [0.25, 0.3) is 10.0 Å². The molecule has 1 N–H and O–H groups in total. The second-order valence-corrected chi connectivity index (χ2v) is 13.1. The molecule has 0 aliphatic rings. The molecule has 4 rings (SSSR count). The maximum Gasteiger partial charge on any atom is 0.264 e. The van der Waals surface area contributed by atoms with E-state index in [0.29, 0.717) is 0 Å². The molecule has 4 aromatic rings. The van der Waals surface area contributed by atoms with Crippen molar-refractivity contribution in [3.63, 3.8) is 0 Å². The molecule has 0 heterocycles. The number of sulfonamides is 1. The summed E-state index contributed by atoms with van der Waals surface area (Å²) in [6, 6.07) is 25.5. The zero-order valence-corrected chi connectivity index (χ0v) is 26.5. The van der Waals surface area contributed by atoms with E-state index in [9.17, 15) is 22.4 Å². The van der Waals surface area contributed by atoms with Crippen LogP contribution < -0.4 is 9.62 Å². The molecular formula is C33H32Cl2FN3O4S. The Labute approximate surface area is 267 Å². The van der Waals surface area contributed by atoms with Crippen molar-refractivity contribution >= 4 is 50.7 Å². The fourth-order valence-corrected chi connectivity index (χ4v) is 6.68. The van der Waals surface area contributed by atoms with Gasteiger partial charge in [-0.1, -0.05) is 89.9 Å². The number of carbonyl (C=O) groups excluding carboxylic acids is 2. The molecule has 0 aliphatic carbocycles. The number of hydrogen-bond acceptors (Lipinski definition) is 4. The number of benzene rings is 4. The van der Waals surface area contributed by atoms with Gasteiger partial charge in [-0.3, -0.25) is 13.9 Å². The average Bonchev–Trinajstić information content (AvgIpc) is 2.99. The number of nitrogens with one attached hydrogen (secondary N) is 1. The number of carbonyl (C=O) groups is 2. The quantitative estimate of drug-likeness (QED) is 0.189. The lowest BCUT2D eigenvalue weighted by Gasteiger charge is -2.34. The number of hydrogen-bond donors (Lipinski definition) is 1. The first-order valence-electron chi connectivity index (χ1n) is 13.9. The summed E-state index contributed by atoms with van der Waals surface area (Å²) < 4.78 is 43.9. The lowest BCUT2D eigenvalue weighted by molar-refractivity contribution is -0.140. The van der Waals surface area contributed by atoms with Gasteiger partial charge in [-0.15, -0.1) is 0 Å². The van der Waals surface area contributed by atoms with Crippen LogP contribution in [0.5, 0.6) is 0 Å². The minimum absolute atomic E-state index is 0.00356. The molecule has 0 aliphatic heterocycles. The molecule has 11 heteroatoms. The lowest BCUT2D eigenvalue weighted by Crippen LogP contribution is -2.54. The topological polar surface area (TPSA) is 86.8 Å². The molecule has 0 fully saturated rings. The van der Waals surface area contributed by atoms with Gasteiger partial charge in [0.05, 0.1) is 15.6 Å². The van der Waals surface area contributed by atoms with Gasteiger partial charge >= 0.3 is 0 Å². The number of nitrogens with zero attached hydrogens (tertiary/aromatic N) is 2. The highest BCUT2D eigenvalue weighted by atomic mass is 35.5. The molecule has 230 valence electrons. The van der Waals surface area contributed by atoms with Crippen LogP contribution in [-0.2, 0) is 32.6 Å². The number of anilines is 1. The zero-order chi connectivity index (χ0) is 31.9. The van der Waals surface area contributed by atoms with E-state index in [1.807, 2.05) is 30.3 Å². The van der Waals surface area contributed by atoms with E-state index in [0.717, 1.165) is 9.87 Å². The van der Waals surface area contributed by atoms with Crippen molar-refractivity contribution in [3.05, 3.63) is 130 Å². The molecule has 0 radical (unpaired) electrons. The molecule has 1 atom stereocenters. The van der Waals surface area contributed by atoms with Gasteiger partial charge in [0.2, 0.25) is 11.8 Å². The first kappa shape index (κ1) is 33.0. The van der Waals surface area contributed by atoms with E-state index in [1.165, 1.54) is 53.4 Å². The van der Waals surface area contributed by atoms with Crippen molar-refractivity contribution < 1.29 is 22.4 Å². The van der Waals surface area contributed by atoms with Gasteiger partial charge in [-0.05, 0) is 55.8 Å². The summed E-state index contributed by atoms with van der Waals surface area (Å²) in [7, 11) is -4.34. The van der Waals surface area contributed by atoms with Gasteiger partial charge in [0, 0.05) is 29.6 Å². The third-order valence-electron chi connectivity index (χ3n) is 6.79. The molecule has 0 unspecified atom stereocenters.